The molecule has 1 aromatic rings. The molecule has 1 atom stereocenters. The average Bonchev–Trinajstić information content (AvgIpc) is 2.45. The zero-order valence-electron chi connectivity index (χ0n) is 13.5. The molecule has 0 heterocycles. The van der Waals surface area contributed by atoms with Crippen molar-refractivity contribution in [3.63, 3.8) is 0 Å². The molecule has 0 saturated heterocycles. The van der Waals surface area contributed by atoms with Crippen LogP contribution in [0.5, 0.6) is 0 Å². The Labute approximate surface area is 124 Å². The molecule has 0 aliphatic rings. The maximum atomic E-state index is 5.82. The summed E-state index contributed by atoms with van der Waals surface area (Å²) < 4.78 is 0. The van der Waals surface area contributed by atoms with Crippen LogP contribution in [0.25, 0.3) is 0 Å². The lowest BCUT2D eigenvalue weighted by molar-refractivity contribution is 0.296. The Morgan fingerprint density at radius 3 is 2.45 bits per heavy atom. The van der Waals surface area contributed by atoms with Crippen molar-refractivity contribution in [2.24, 2.45) is 17.6 Å². The van der Waals surface area contributed by atoms with E-state index in [0.717, 1.165) is 32.7 Å². The summed E-state index contributed by atoms with van der Waals surface area (Å²) in [5, 5.41) is 3.53. The summed E-state index contributed by atoms with van der Waals surface area (Å²) in [5.41, 5.74) is 8.39. The van der Waals surface area contributed by atoms with E-state index in [1.807, 2.05) is 0 Å². The first-order valence-corrected chi connectivity index (χ1v) is 7.85. The Morgan fingerprint density at radius 2 is 1.90 bits per heavy atom. The van der Waals surface area contributed by atoms with Crippen molar-refractivity contribution in [3.05, 3.63) is 29.8 Å². The molecule has 0 aliphatic carbocycles. The first kappa shape index (κ1) is 17.0. The molecule has 1 aromatic carbocycles. The predicted octanol–water partition coefficient (Wildman–Crippen LogP) is 3.17. The van der Waals surface area contributed by atoms with Crippen LogP contribution < -0.4 is 11.1 Å². The zero-order chi connectivity index (χ0) is 15.0. The second kappa shape index (κ2) is 8.98. The highest BCUT2D eigenvalue weighted by Gasteiger charge is 2.11. The molecular weight excluding hydrogens is 246 g/mol. The lowest BCUT2D eigenvalue weighted by atomic mass is 9.96. The number of hydrogen-bond donors (Lipinski definition) is 2. The SMILES string of the molecule is CCN(CC)Cc1cccc(NCC(CN)C(C)C)c1. The Hall–Kier alpha value is -1.06. The number of hydrogen-bond acceptors (Lipinski definition) is 3. The highest BCUT2D eigenvalue weighted by molar-refractivity contribution is 5.45. The van der Waals surface area contributed by atoms with Gasteiger partial charge in [0, 0.05) is 18.8 Å². The van der Waals surface area contributed by atoms with Crippen LogP contribution in [0.2, 0.25) is 0 Å². The number of anilines is 1. The summed E-state index contributed by atoms with van der Waals surface area (Å²) in [6.45, 7) is 13.8. The molecule has 20 heavy (non-hydrogen) atoms. The summed E-state index contributed by atoms with van der Waals surface area (Å²) >= 11 is 0. The smallest absolute Gasteiger partial charge is 0.0343 e. The Kier molecular flexibility index (Phi) is 7.63. The van der Waals surface area contributed by atoms with Crippen molar-refractivity contribution in [2.45, 2.75) is 34.2 Å². The summed E-state index contributed by atoms with van der Waals surface area (Å²) in [6, 6.07) is 8.73. The number of nitrogens with one attached hydrogen (secondary N) is 1. The van der Waals surface area contributed by atoms with Crippen LogP contribution in [0, 0.1) is 11.8 Å². The maximum Gasteiger partial charge on any atom is 0.0343 e. The van der Waals surface area contributed by atoms with E-state index in [9.17, 15) is 0 Å². The van der Waals surface area contributed by atoms with Crippen molar-refractivity contribution in [3.8, 4) is 0 Å². The van der Waals surface area contributed by atoms with Crippen molar-refractivity contribution < 1.29 is 0 Å². The fourth-order valence-corrected chi connectivity index (χ4v) is 2.33. The second-order valence-corrected chi connectivity index (χ2v) is 5.78. The Bertz CT molecular complexity index is 372. The van der Waals surface area contributed by atoms with Crippen LogP contribution in [0.1, 0.15) is 33.3 Å². The summed E-state index contributed by atoms with van der Waals surface area (Å²) in [6.07, 6.45) is 0. The largest absolute Gasteiger partial charge is 0.385 e. The standard InChI is InChI=1S/C17H31N3/c1-5-20(6-2)13-15-8-7-9-17(10-15)19-12-16(11-18)14(3)4/h7-10,14,16,19H,5-6,11-13,18H2,1-4H3. The van der Waals surface area contributed by atoms with Crippen LogP contribution in [0.4, 0.5) is 5.69 Å². The van der Waals surface area contributed by atoms with Gasteiger partial charge in [0.1, 0.15) is 0 Å². The molecule has 0 radical (unpaired) electrons. The highest BCUT2D eigenvalue weighted by atomic mass is 15.1. The van der Waals surface area contributed by atoms with Gasteiger partial charge in [-0.05, 0) is 49.2 Å². The van der Waals surface area contributed by atoms with E-state index in [1.165, 1.54) is 11.3 Å². The second-order valence-electron chi connectivity index (χ2n) is 5.78. The molecule has 3 N–H and O–H groups in total. The van der Waals surface area contributed by atoms with E-state index < -0.39 is 0 Å². The van der Waals surface area contributed by atoms with Gasteiger partial charge in [-0.2, -0.15) is 0 Å². The van der Waals surface area contributed by atoms with E-state index in [4.69, 9.17) is 5.73 Å². The number of nitrogens with two attached hydrogens (primary N) is 1. The molecule has 0 spiro atoms. The van der Waals surface area contributed by atoms with Gasteiger partial charge < -0.3 is 11.1 Å². The molecule has 1 rings (SSSR count). The summed E-state index contributed by atoms with van der Waals surface area (Å²) in [4.78, 5) is 2.43. The van der Waals surface area contributed by atoms with E-state index in [1.54, 1.807) is 0 Å². The van der Waals surface area contributed by atoms with Crippen molar-refractivity contribution in [1.82, 2.24) is 4.90 Å². The van der Waals surface area contributed by atoms with Gasteiger partial charge in [-0.25, -0.2) is 0 Å². The topological polar surface area (TPSA) is 41.3 Å². The van der Waals surface area contributed by atoms with E-state index in [-0.39, 0.29) is 0 Å². The minimum Gasteiger partial charge on any atom is -0.385 e. The van der Waals surface area contributed by atoms with Gasteiger partial charge in [0.15, 0.2) is 0 Å². The van der Waals surface area contributed by atoms with Crippen LogP contribution in [-0.4, -0.2) is 31.1 Å². The lowest BCUT2D eigenvalue weighted by Crippen LogP contribution is -2.27. The van der Waals surface area contributed by atoms with Crippen LogP contribution in [-0.2, 0) is 6.54 Å². The molecule has 114 valence electrons. The van der Waals surface area contributed by atoms with Gasteiger partial charge in [0.05, 0.1) is 0 Å². The van der Waals surface area contributed by atoms with E-state index >= 15 is 0 Å². The third kappa shape index (κ3) is 5.51. The molecule has 0 amide bonds. The zero-order valence-corrected chi connectivity index (χ0v) is 13.5. The third-order valence-electron chi connectivity index (χ3n) is 4.04. The molecule has 0 fully saturated rings. The number of nitrogens with zero attached hydrogens (tertiary/aromatic N) is 1. The van der Waals surface area contributed by atoms with Crippen molar-refractivity contribution in [1.29, 1.82) is 0 Å². The quantitative estimate of drug-likeness (QED) is 0.728. The normalized spacial score (nSPS) is 12.9. The van der Waals surface area contributed by atoms with Gasteiger partial charge >= 0.3 is 0 Å². The summed E-state index contributed by atoms with van der Waals surface area (Å²) in [5.74, 6) is 1.15. The van der Waals surface area contributed by atoms with Crippen LogP contribution in [0.3, 0.4) is 0 Å². The van der Waals surface area contributed by atoms with Gasteiger partial charge in [-0.3, -0.25) is 4.90 Å². The molecule has 3 heteroatoms. The molecule has 0 saturated carbocycles. The van der Waals surface area contributed by atoms with Gasteiger partial charge in [0.2, 0.25) is 0 Å². The first-order chi connectivity index (χ1) is 9.60. The van der Waals surface area contributed by atoms with Gasteiger partial charge in [0.25, 0.3) is 0 Å². The lowest BCUT2D eigenvalue weighted by Gasteiger charge is -2.21. The molecule has 0 aliphatic heterocycles. The monoisotopic (exact) mass is 277 g/mol. The van der Waals surface area contributed by atoms with Crippen LogP contribution in [0.15, 0.2) is 24.3 Å². The third-order valence-corrected chi connectivity index (χ3v) is 4.04. The molecular formula is C17H31N3. The highest BCUT2D eigenvalue weighted by Crippen LogP contribution is 2.15. The van der Waals surface area contributed by atoms with Gasteiger partial charge in [-0.15, -0.1) is 0 Å². The number of rotatable bonds is 9. The van der Waals surface area contributed by atoms with E-state index in [2.05, 4.69) is 62.2 Å². The first-order valence-electron chi connectivity index (χ1n) is 7.85. The van der Waals surface area contributed by atoms with Gasteiger partial charge in [-0.1, -0.05) is 39.8 Å². The Morgan fingerprint density at radius 1 is 1.20 bits per heavy atom. The minimum atomic E-state index is 0.529. The van der Waals surface area contributed by atoms with Crippen LogP contribution >= 0.6 is 0 Å². The predicted molar refractivity (Wildman–Crippen MR) is 88.9 cm³/mol. The molecule has 1 unspecified atom stereocenters. The van der Waals surface area contributed by atoms with E-state index in [0.29, 0.717) is 11.8 Å². The fourth-order valence-electron chi connectivity index (χ4n) is 2.33. The molecule has 3 nitrogen and oxygen atoms in total. The van der Waals surface area contributed by atoms with Crippen molar-refractivity contribution >= 4 is 5.69 Å². The fraction of sp³-hybridized carbons (Fsp3) is 0.647. The molecule has 0 aromatic heterocycles. The molecule has 0 bridgehead atoms. The maximum absolute atomic E-state index is 5.82. The average molecular weight is 277 g/mol. The Balaban J connectivity index is 2.59. The minimum absolute atomic E-state index is 0.529. The summed E-state index contributed by atoms with van der Waals surface area (Å²) in [7, 11) is 0. The number of benzene rings is 1. The van der Waals surface area contributed by atoms with Crippen molar-refractivity contribution in [2.75, 3.05) is 31.5 Å².